The Morgan fingerprint density at radius 3 is 2.82 bits per heavy atom. The zero-order chi connectivity index (χ0) is 11.8. The van der Waals surface area contributed by atoms with Crippen LogP contribution in [0, 0.1) is 11.8 Å². The van der Waals surface area contributed by atoms with Crippen LogP contribution in [0.15, 0.2) is 0 Å². The van der Waals surface area contributed by atoms with Crippen molar-refractivity contribution in [3.8, 4) is 0 Å². The molecule has 0 spiro atoms. The molecule has 1 aliphatic heterocycles. The van der Waals surface area contributed by atoms with Crippen LogP contribution >= 0.6 is 12.4 Å². The lowest BCUT2D eigenvalue weighted by Crippen LogP contribution is -2.40. The van der Waals surface area contributed by atoms with Crippen LogP contribution in [0.5, 0.6) is 0 Å². The maximum atomic E-state index is 5.64. The lowest BCUT2D eigenvalue weighted by Gasteiger charge is -2.32. The fourth-order valence-electron chi connectivity index (χ4n) is 2.32. The summed E-state index contributed by atoms with van der Waals surface area (Å²) in [7, 11) is 2.05. The van der Waals surface area contributed by atoms with E-state index in [1.807, 2.05) is 7.05 Å². The molecule has 17 heavy (non-hydrogen) atoms. The van der Waals surface area contributed by atoms with E-state index in [-0.39, 0.29) is 12.4 Å². The third-order valence-electron chi connectivity index (χ3n) is 3.10. The first-order valence-electron chi connectivity index (χ1n) is 6.67. The van der Waals surface area contributed by atoms with Crippen LogP contribution in [0.2, 0.25) is 0 Å². The molecule has 1 heterocycles. The van der Waals surface area contributed by atoms with Gasteiger partial charge in [-0.05, 0) is 44.8 Å². The fourth-order valence-corrected chi connectivity index (χ4v) is 2.32. The molecule has 1 N–H and O–H groups in total. The molecule has 0 aromatic carbocycles. The first-order valence-corrected chi connectivity index (χ1v) is 6.67. The molecule has 4 heteroatoms. The minimum Gasteiger partial charge on any atom is -0.380 e. The molecule has 1 saturated heterocycles. The second kappa shape index (κ2) is 10.1. The van der Waals surface area contributed by atoms with E-state index >= 15 is 0 Å². The van der Waals surface area contributed by atoms with Crippen LogP contribution in [0.1, 0.15) is 26.7 Å². The van der Waals surface area contributed by atoms with Gasteiger partial charge in [-0.3, -0.25) is 0 Å². The smallest absolute Gasteiger partial charge is 0.0593 e. The summed E-state index contributed by atoms with van der Waals surface area (Å²) >= 11 is 0. The molecule has 1 aliphatic rings. The number of nitrogens with zero attached hydrogens (tertiary/aromatic N) is 1. The zero-order valence-electron chi connectivity index (χ0n) is 11.6. The largest absolute Gasteiger partial charge is 0.380 e. The van der Waals surface area contributed by atoms with Gasteiger partial charge in [0.2, 0.25) is 0 Å². The normalized spacial score (nSPS) is 21.5. The van der Waals surface area contributed by atoms with Crippen molar-refractivity contribution in [1.29, 1.82) is 0 Å². The number of hydrogen-bond donors (Lipinski definition) is 1. The SMILES string of the molecule is CNCC1CCCN(CCOCC(C)C)C1.Cl. The lowest BCUT2D eigenvalue weighted by atomic mass is 9.98. The maximum absolute atomic E-state index is 5.64. The molecule has 0 aromatic rings. The van der Waals surface area contributed by atoms with E-state index in [1.165, 1.54) is 25.9 Å². The van der Waals surface area contributed by atoms with Gasteiger partial charge in [-0.1, -0.05) is 13.8 Å². The third kappa shape index (κ3) is 7.98. The average molecular weight is 265 g/mol. The summed E-state index contributed by atoms with van der Waals surface area (Å²) in [6, 6.07) is 0. The highest BCUT2D eigenvalue weighted by Crippen LogP contribution is 2.15. The summed E-state index contributed by atoms with van der Waals surface area (Å²) in [4.78, 5) is 2.55. The van der Waals surface area contributed by atoms with Crippen molar-refractivity contribution in [3.05, 3.63) is 0 Å². The van der Waals surface area contributed by atoms with E-state index in [1.54, 1.807) is 0 Å². The Morgan fingerprint density at radius 1 is 1.41 bits per heavy atom. The topological polar surface area (TPSA) is 24.5 Å². The van der Waals surface area contributed by atoms with E-state index in [0.29, 0.717) is 5.92 Å². The van der Waals surface area contributed by atoms with Crippen molar-refractivity contribution in [2.45, 2.75) is 26.7 Å². The molecule has 3 nitrogen and oxygen atoms in total. The maximum Gasteiger partial charge on any atom is 0.0593 e. The van der Waals surface area contributed by atoms with Crippen molar-refractivity contribution in [2.75, 3.05) is 46.4 Å². The van der Waals surface area contributed by atoms with Crippen LogP contribution in [0.4, 0.5) is 0 Å². The van der Waals surface area contributed by atoms with E-state index in [2.05, 4.69) is 24.1 Å². The van der Waals surface area contributed by atoms with Gasteiger partial charge in [0.05, 0.1) is 6.61 Å². The Hall–Kier alpha value is 0.170. The predicted octanol–water partition coefficient (Wildman–Crippen LogP) is 2.01. The number of likely N-dealkylation sites (tertiary alicyclic amines) is 1. The van der Waals surface area contributed by atoms with Crippen molar-refractivity contribution in [1.82, 2.24) is 10.2 Å². The van der Waals surface area contributed by atoms with Gasteiger partial charge in [-0.15, -0.1) is 12.4 Å². The molecule has 0 aliphatic carbocycles. The minimum absolute atomic E-state index is 0. The first kappa shape index (κ1) is 17.2. The molecule has 104 valence electrons. The Kier molecular flexibility index (Phi) is 10.2. The number of halogens is 1. The summed E-state index contributed by atoms with van der Waals surface area (Å²) < 4.78 is 5.64. The summed E-state index contributed by atoms with van der Waals surface area (Å²) in [5.41, 5.74) is 0. The standard InChI is InChI=1S/C13H28N2O.ClH/c1-12(2)11-16-8-7-15-6-4-5-13(10-15)9-14-3;/h12-14H,4-11H2,1-3H3;1H. The van der Waals surface area contributed by atoms with Crippen LogP contribution in [-0.4, -0.2) is 51.3 Å². The molecular weight excluding hydrogens is 236 g/mol. The highest BCUT2D eigenvalue weighted by atomic mass is 35.5. The second-order valence-corrected chi connectivity index (χ2v) is 5.34. The Balaban J connectivity index is 0.00000256. The molecule has 1 rings (SSSR count). The highest BCUT2D eigenvalue weighted by molar-refractivity contribution is 5.85. The fraction of sp³-hybridized carbons (Fsp3) is 1.00. The molecule has 1 unspecified atom stereocenters. The number of ether oxygens (including phenoxy) is 1. The van der Waals surface area contributed by atoms with Gasteiger partial charge in [0.15, 0.2) is 0 Å². The lowest BCUT2D eigenvalue weighted by molar-refractivity contribution is 0.0712. The van der Waals surface area contributed by atoms with Crippen LogP contribution in [0.3, 0.4) is 0 Å². The Labute approximate surface area is 113 Å². The van der Waals surface area contributed by atoms with Crippen LogP contribution in [0.25, 0.3) is 0 Å². The zero-order valence-corrected chi connectivity index (χ0v) is 12.4. The van der Waals surface area contributed by atoms with E-state index in [4.69, 9.17) is 4.74 Å². The van der Waals surface area contributed by atoms with Crippen molar-refractivity contribution in [3.63, 3.8) is 0 Å². The van der Waals surface area contributed by atoms with Gasteiger partial charge in [-0.25, -0.2) is 0 Å². The predicted molar refractivity (Wildman–Crippen MR) is 76.0 cm³/mol. The van der Waals surface area contributed by atoms with Gasteiger partial charge in [0.1, 0.15) is 0 Å². The quantitative estimate of drug-likeness (QED) is 0.712. The van der Waals surface area contributed by atoms with Crippen LogP contribution < -0.4 is 5.32 Å². The molecular formula is C13H29ClN2O. The Morgan fingerprint density at radius 2 is 2.18 bits per heavy atom. The van der Waals surface area contributed by atoms with Crippen molar-refractivity contribution in [2.24, 2.45) is 11.8 Å². The first-order chi connectivity index (χ1) is 7.72. The molecule has 1 atom stereocenters. The van der Waals surface area contributed by atoms with E-state index < -0.39 is 0 Å². The average Bonchev–Trinajstić information content (AvgIpc) is 2.25. The summed E-state index contributed by atoms with van der Waals surface area (Å²) in [6.45, 7) is 10.9. The molecule has 0 bridgehead atoms. The highest BCUT2D eigenvalue weighted by Gasteiger charge is 2.18. The summed E-state index contributed by atoms with van der Waals surface area (Å²) in [6.07, 6.45) is 2.72. The van der Waals surface area contributed by atoms with Gasteiger partial charge in [0.25, 0.3) is 0 Å². The van der Waals surface area contributed by atoms with Gasteiger partial charge >= 0.3 is 0 Å². The summed E-state index contributed by atoms with van der Waals surface area (Å²) in [5, 5.41) is 3.28. The number of piperidine rings is 1. The molecule has 1 fully saturated rings. The van der Waals surface area contributed by atoms with Gasteiger partial charge in [-0.2, -0.15) is 0 Å². The molecule has 0 amide bonds. The Bertz CT molecular complexity index is 177. The van der Waals surface area contributed by atoms with E-state index in [0.717, 1.165) is 32.2 Å². The van der Waals surface area contributed by atoms with Crippen molar-refractivity contribution >= 4 is 12.4 Å². The third-order valence-corrected chi connectivity index (χ3v) is 3.10. The number of rotatable bonds is 7. The molecule has 0 saturated carbocycles. The van der Waals surface area contributed by atoms with Crippen molar-refractivity contribution < 1.29 is 4.74 Å². The number of nitrogens with one attached hydrogen (secondary N) is 1. The monoisotopic (exact) mass is 264 g/mol. The van der Waals surface area contributed by atoms with Gasteiger partial charge < -0.3 is 15.0 Å². The number of hydrogen-bond acceptors (Lipinski definition) is 3. The summed E-state index contributed by atoms with van der Waals surface area (Å²) in [5.74, 6) is 1.49. The van der Waals surface area contributed by atoms with E-state index in [9.17, 15) is 0 Å². The van der Waals surface area contributed by atoms with Crippen LogP contribution in [-0.2, 0) is 4.74 Å². The molecule has 0 aromatic heterocycles. The second-order valence-electron chi connectivity index (χ2n) is 5.34. The molecule has 0 radical (unpaired) electrons. The minimum atomic E-state index is 0. The van der Waals surface area contributed by atoms with Gasteiger partial charge in [0, 0.05) is 19.7 Å².